The summed E-state index contributed by atoms with van der Waals surface area (Å²) < 4.78 is 13.8. The summed E-state index contributed by atoms with van der Waals surface area (Å²) >= 11 is 0. The molecule has 1 saturated carbocycles. The molecule has 0 bridgehead atoms. The van der Waals surface area contributed by atoms with Crippen LogP contribution in [0.3, 0.4) is 0 Å². The largest absolute Gasteiger partial charge is 0.278 e. The van der Waals surface area contributed by atoms with Crippen molar-refractivity contribution < 1.29 is 14.0 Å². The summed E-state index contributed by atoms with van der Waals surface area (Å²) in [5.74, 6) is -1.45. The average Bonchev–Trinajstić information content (AvgIpc) is 3.12. The van der Waals surface area contributed by atoms with Crippen LogP contribution < -0.4 is 0 Å². The molecule has 2 aliphatic rings. The fourth-order valence-corrected chi connectivity index (χ4v) is 2.36. The van der Waals surface area contributed by atoms with E-state index in [0.29, 0.717) is 6.42 Å². The maximum absolute atomic E-state index is 13.8. The molecule has 3 rings (SSSR count). The Bertz CT molecular complexity index is 585. The van der Waals surface area contributed by atoms with Gasteiger partial charge in [0.15, 0.2) is 0 Å². The molecule has 2 unspecified atom stereocenters. The molecule has 0 spiro atoms. The van der Waals surface area contributed by atoms with Gasteiger partial charge in [0, 0.05) is 5.56 Å². The van der Waals surface area contributed by atoms with E-state index < -0.39 is 5.82 Å². The minimum atomic E-state index is -0.652. The van der Waals surface area contributed by atoms with Gasteiger partial charge in [0.05, 0.1) is 23.9 Å². The van der Waals surface area contributed by atoms with Crippen LogP contribution in [0, 0.1) is 29.0 Å². The van der Waals surface area contributed by atoms with Crippen LogP contribution in [0.1, 0.15) is 17.5 Å². The summed E-state index contributed by atoms with van der Waals surface area (Å²) in [7, 11) is 0. The monoisotopic (exact) mass is 244 g/mol. The van der Waals surface area contributed by atoms with Crippen LogP contribution in [0.15, 0.2) is 18.2 Å². The van der Waals surface area contributed by atoms with Crippen molar-refractivity contribution in [2.24, 2.45) is 11.8 Å². The number of hydrogen-bond donors (Lipinski definition) is 0. The number of benzene rings is 1. The molecule has 0 radical (unpaired) electrons. The van der Waals surface area contributed by atoms with Gasteiger partial charge in [0.1, 0.15) is 11.9 Å². The van der Waals surface area contributed by atoms with E-state index in [4.69, 9.17) is 5.26 Å². The Kier molecular flexibility index (Phi) is 2.20. The smallest absolute Gasteiger partial charge is 0.233 e. The Morgan fingerprint density at radius 3 is 2.61 bits per heavy atom. The van der Waals surface area contributed by atoms with E-state index in [1.165, 1.54) is 12.1 Å². The highest BCUT2D eigenvalue weighted by molar-refractivity contribution is 6.08. The van der Waals surface area contributed by atoms with Crippen molar-refractivity contribution in [3.63, 3.8) is 0 Å². The molecule has 1 aliphatic heterocycles. The quantitative estimate of drug-likeness (QED) is 0.734. The highest BCUT2D eigenvalue weighted by atomic mass is 19.1. The molecular formula is C13H9FN2O2. The molecule has 1 aromatic carbocycles. The molecule has 1 heterocycles. The highest BCUT2D eigenvalue weighted by Gasteiger charge is 2.58. The zero-order chi connectivity index (χ0) is 12.9. The molecule has 0 aromatic heterocycles. The maximum Gasteiger partial charge on any atom is 0.233 e. The van der Waals surface area contributed by atoms with Gasteiger partial charge < -0.3 is 0 Å². The fourth-order valence-electron chi connectivity index (χ4n) is 2.36. The maximum atomic E-state index is 13.8. The molecule has 1 aliphatic carbocycles. The lowest BCUT2D eigenvalue weighted by Crippen LogP contribution is -2.32. The number of nitrogens with zero attached hydrogens (tertiary/aromatic N) is 2. The minimum absolute atomic E-state index is 0.0724. The van der Waals surface area contributed by atoms with E-state index in [9.17, 15) is 14.0 Å². The van der Waals surface area contributed by atoms with Gasteiger partial charge in [-0.3, -0.25) is 14.5 Å². The van der Waals surface area contributed by atoms with Crippen molar-refractivity contribution in [2.45, 2.75) is 13.0 Å². The average molecular weight is 244 g/mol. The molecule has 5 heteroatoms. The highest BCUT2D eigenvalue weighted by Crippen LogP contribution is 2.47. The van der Waals surface area contributed by atoms with E-state index in [-0.39, 0.29) is 41.3 Å². The predicted molar refractivity (Wildman–Crippen MR) is 58.3 cm³/mol. The van der Waals surface area contributed by atoms with E-state index in [0.717, 1.165) is 4.90 Å². The number of carbonyl (C=O) groups is 2. The van der Waals surface area contributed by atoms with Crippen LogP contribution >= 0.6 is 0 Å². The number of halogens is 1. The summed E-state index contributed by atoms with van der Waals surface area (Å²) in [5.41, 5.74) is 0.133. The molecule has 18 heavy (non-hydrogen) atoms. The summed E-state index contributed by atoms with van der Waals surface area (Å²) in [6, 6.07) is 6.13. The van der Waals surface area contributed by atoms with Gasteiger partial charge in [0.25, 0.3) is 0 Å². The second kappa shape index (κ2) is 3.64. The van der Waals surface area contributed by atoms with Crippen molar-refractivity contribution in [2.75, 3.05) is 0 Å². The first-order valence-electron chi connectivity index (χ1n) is 5.66. The zero-order valence-corrected chi connectivity index (χ0v) is 9.39. The molecule has 1 aromatic rings. The first kappa shape index (κ1) is 10.9. The normalized spacial score (nSPS) is 25.0. The molecule has 2 amide bonds. The first-order chi connectivity index (χ1) is 8.63. The molecule has 0 N–H and O–H groups in total. The van der Waals surface area contributed by atoms with Gasteiger partial charge in [-0.1, -0.05) is 12.1 Å². The lowest BCUT2D eigenvalue weighted by molar-refractivity contribution is -0.142. The van der Waals surface area contributed by atoms with Crippen molar-refractivity contribution in [1.82, 2.24) is 4.90 Å². The number of carbonyl (C=O) groups excluding carboxylic acids is 2. The minimum Gasteiger partial charge on any atom is -0.278 e. The number of piperidine rings is 1. The number of rotatable bonds is 2. The lowest BCUT2D eigenvalue weighted by Gasteiger charge is -2.16. The van der Waals surface area contributed by atoms with Crippen LogP contribution in [-0.4, -0.2) is 16.7 Å². The SMILES string of the molecule is N#Cc1cccc(CN2C(=O)C3CC3C2=O)c1F. The third kappa shape index (κ3) is 1.42. The second-order valence-electron chi connectivity index (χ2n) is 4.60. The van der Waals surface area contributed by atoms with Gasteiger partial charge in [-0.25, -0.2) is 4.39 Å². The predicted octanol–water partition coefficient (Wildman–Crippen LogP) is 1.20. The number of fused-ring (bicyclic) bond motifs is 1. The van der Waals surface area contributed by atoms with E-state index in [1.54, 1.807) is 12.1 Å². The van der Waals surface area contributed by atoms with Gasteiger partial charge in [-0.2, -0.15) is 5.26 Å². The standard InChI is InChI=1S/C13H9FN2O2/c14-11-7(5-15)2-1-3-8(11)6-16-12(17)9-4-10(9)13(16)18/h1-3,9-10H,4,6H2. The van der Waals surface area contributed by atoms with Crippen LogP contribution in [0.5, 0.6) is 0 Å². The van der Waals surface area contributed by atoms with Crippen molar-refractivity contribution >= 4 is 11.8 Å². The molecule has 2 atom stereocenters. The first-order valence-corrected chi connectivity index (χ1v) is 5.66. The number of likely N-dealkylation sites (tertiary alicyclic amines) is 1. The fraction of sp³-hybridized carbons (Fsp3) is 0.308. The number of hydrogen-bond acceptors (Lipinski definition) is 3. The lowest BCUT2D eigenvalue weighted by atomic mass is 10.1. The molecular weight excluding hydrogens is 235 g/mol. The second-order valence-corrected chi connectivity index (χ2v) is 4.60. The van der Waals surface area contributed by atoms with Gasteiger partial charge in [-0.15, -0.1) is 0 Å². The third-order valence-electron chi connectivity index (χ3n) is 3.48. The van der Waals surface area contributed by atoms with E-state index in [1.807, 2.05) is 0 Å². The van der Waals surface area contributed by atoms with Gasteiger partial charge in [-0.05, 0) is 12.5 Å². The summed E-state index contributed by atoms with van der Waals surface area (Å²) in [5, 5.41) is 8.72. The Labute approximate surface area is 103 Å². The van der Waals surface area contributed by atoms with Crippen LogP contribution in [0.4, 0.5) is 4.39 Å². The van der Waals surface area contributed by atoms with Crippen LogP contribution in [-0.2, 0) is 16.1 Å². The number of nitriles is 1. The summed E-state index contributed by atoms with van der Waals surface area (Å²) in [4.78, 5) is 24.6. The Morgan fingerprint density at radius 1 is 1.33 bits per heavy atom. The molecule has 1 saturated heterocycles. The molecule has 90 valence electrons. The summed E-state index contributed by atoms with van der Waals surface area (Å²) in [6.45, 7) is -0.0774. The van der Waals surface area contributed by atoms with Crippen molar-refractivity contribution in [3.05, 3.63) is 35.1 Å². The summed E-state index contributed by atoms with van der Waals surface area (Å²) in [6.07, 6.45) is 0.634. The Balaban J connectivity index is 1.88. The Morgan fingerprint density at radius 2 is 2.00 bits per heavy atom. The van der Waals surface area contributed by atoms with Crippen molar-refractivity contribution in [3.8, 4) is 6.07 Å². The topological polar surface area (TPSA) is 61.2 Å². The van der Waals surface area contributed by atoms with Crippen LogP contribution in [0.25, 0.3) is 0 Å². The molecule has 2 fully saturated rings. The molecule has 4 nitrogen and oxygen atoms in total. The zero-order valence-electron chi connectivity index (χ0n) is 9.39. The number of imide groups is 1. The van der Waals surface area contributed by atoms with E-state index >= 15 is 0 Å². The van der Waals surface area contributed by atoms with Crippen LogP contribution in [0.2, 0.25) is 0 Å². The van der Waals surface area contributed by atoms with Crippen molar-refractivity contribution in [1.29, 1.82) is 5.26 Å². The third-order valence-corrected chi connectivity index (χ3v) is 3.48. The van der Waals surface area contributed by atoms with Gasteiger partial charge >= 0.3 is 0 Å². The van der Waals surface area contributed by atoms with E-state index in [2.05, 4.69) is 0 Å². The Hall–Kier alpha value is -2.22. The number of amides is 2. The van der Waals surface area contributed by atoms with Gasteiger partial charge in [0.2, 0.25) is 11.8 Å².